The molecule has 0 bridgehead atoms. The Morgan fingerprint density at radius 2 is 1.92 bits per heavy atom. The van der Waals surface area contributed by atoms with Crippen LogP contribution in [0.25, 0.3) is 0 Å². The van der Waals surface area contributed by atoms with Gasteiger partial charge in [-0.3, -0.25) is 0 Å². The second-order valence-corrected chi connectivity index (χ2v) is 5.94. The van der Waals surface area contributed by atoms with E-state index in [-0.39, 0.29) is 6.10 Å². The van der Waals surface area contributed by atoms with Gasteiger partial charge in [-0.25, -0.2) is 9.97 Å². The summed E-state index contributed by atoms with van der Waals surface area (Å²) in [5.41, 5.74) is 2.14. The summed E-state index contributed by atoms with van der Waals surface area (Å²) in [7, 11) is 3.37. The lowest BCUT2D eigenvalue weighted by molar-refractivity contribution is 0.0507. The fourth-order valence-electron chi connectivity index (χ4n) is 2.62. The van der Waals surface area contributed by atoms with Gasteiger partial charge in [0, 0.05) is 25.4 Å². The first-order valence-corrected chi connectivity index (χ1v) is 8.83. The third kappa shape index (κ3) is 5.71. The molecule has 0 saturated carbocycles. The quantitative estimate of drug-likeness (QED) is 0.655. The molecule has 0 N–H and O–H groups in total. The molecule has 1 atom stereocenters. The number of aromatic nitrogens is 2. The molecule has 0 radical (unpaired) electrons. The Morgan fingerprint density at radius 3 is 2.60 bits per heavy atom. The summed E-state index contributed by atoms with van der Waals surface area (Å²) < 4.78 is 16.8. The highest BCUT2D eigenvalue weighted by Crippen LogP contribution is 2.29. The summed E-state index contributed by atoms with van der Waals surface area (Å²) in [6.07, 6.45) is 5.50. The molecule has 0 fully saturated rings. The first-order valence-electron chi connectivity index (χ1n) is 8.83. The first-order chi connectivity index (χ1) is 12.2. The molecule has 0 spiro atoms. The zero-order valence-corrected chi connectivity index (χ0v) is 15.6. The summed E-state index contributed by atoms with van der Waals surface area (Å²) in [4.78, 5) is 8.93. The minimum atomic E-state index is 0.0860. The number of aryl methyl sites for hydroxylation is 1. The first kappa shape index (κ1) is 19.2. The van der Waals surface area contributed by atoms with E-state index in [1.807, 2.05) is 30.5 Å². The molecule has 1 aromatic heterocycles. The molecule has 0 aliphatic carbocycles. The van der Waals surface area contributed by atoms with E-state index in [1.165, 1.54) is 0 Å². The Labute approximate surface area is 150 Å². The van der Waals surface area contributed by atoms with Crippen LogP contribution in [0.4, 0.5) is 0 Å². The fourth-order valence-corrected chi connectivity index (χ4v) is 2.62. The minimum Gasteiger partial charge on any atom is -0.493 e. The van der Waals surface area contributed by atoms with Crippen LogP contribution < -0.4 is 9.47 Å². The smallest absolute Gasteiger partial charge is 0.161 e. The third-order valence-corrected chi connectivity index (χ3v) is 4.08. The van der Waals surface area contributed by atoms with E-state index >= 15 is 0 Å². The Hall–Kier alpha value is -2.14. The molecule has 5 heteroatoms. The van der Waals surface area contributed by atoms with E-state index < -0.39 is 0 Å². The van der Waals surface area contributed by atoms with E-state index in [0.29, 0.717) is 13.0 Å². The molecule has 136 valence electrons. The van der Waals surface area contributed by atoms with Crippen LogP contribution in [0, 0.1) is 0 Å². The van der Waals surface area contributed by atoms with E-state index in [2.05, 4.69) is 23.8 Å². The van der Waals surface area contributed by atoms with Gasteiger partial charge >= 0.3 is 0 Å². The monoisotopic (exact) mass is 344 g/mol. The van der Waals surface area contributed by atoms with Crippen molar-refractivity contribution in [3.8, 4) is 11.5 Å². The lowest BCUT2D eigenvalue weighted by atomic mass is 10.1. The number of ether oxygens (including phenoxy) is 3. The molecule has 5 nitrogen and oxygen atoms in total. The zero-order valence-electron chi connectivity index (χ0n) is 15.6. The van der Waals surface area contributed by atoms with Crippen molar-refractivity contribution in [2.24, 2.45) is 0 Å². The maximum atomic E-state index is 5.97. The van der Waals surface area contributed by atoms with E-state index in [1.54, 1.807) is 14.2 Å². The highest BCUT2D eigenvalue weighted by molar-refractivity contribution is 5.43. The zero-order chi connectivity index (χ0) is 18.1. The molecular formula is C20H28N2O3. The van der Waals surface area contributed by atoms with Crippen LogP contribution in [0.5, 0.6) is 11.5 Å². The van der Waals surface area contributed by atoms with Gasteiger partial charge in [0.2, 0.25) is 0 Å². The fraction of sp³-hybridized carbons (Fsp3) is 0.500. The molecule has 0 saturated heterocycles. The van der Waals surface area contributed by atoms with Crippen LogP contribution in [-0.2, 0) is 17.6 Å². The molecule has 25 heavy (non-hydrogen) atoms. The summed E-state index contributed by atoms with van der Waals surface area (Å²) >= 11 is 0. The summed E-state index contributed by atoms with van der Waals surface area (Å²) in [5, 5.41) is 0. The maximum absolute atomic E-state index is 5.97. The van der Waals surface area contributed by atoms with Gasteiger partial charge in [-0.05, 0) is 36.6 Å². The van der Waals surface area contributed by atoms with E-state index in [4.69, 9.17) is 14.2 Å². The van der Waals surface area contributed by atoms with Crippen molar-refractivity contribution in [3.05, 3.63) is 47.5 Å². The van der Waals surface area contributed by atoms with Gasteiger partial charge in [-0.2, -0.15) is 0 Å². The number of hydrogen-bond acceptors (Lipinski definition) is 5. The number of hydrogen-bond donors (Lipinski definition) is 0. The van der Waals surface area contributed by atoms with Crippen LogP contribution in [0.2, 0.25) is 0 Å². The molecule has 2 rings (SSSR count). The molecule has 0 aliphatic rings. The minimum absolute atomic E-state index is 0.0860. The summed E-state index contributed by atoms with van der Waals surface area (Å²) in [6, 6.07) is 7.90. The van der Waals surface area contributed by atoms with Gasteiger partial charge in [0.05, 0.1) is 13.2 Å². The molecular weight excluding hydrogens is 316 g/mol. The van der Waals surface area contributed by atoms with Gasteiger partial charge in [0.15, 0.2) is 11.5 Å². The lowest BCUT2D eigenvalue weighted by Gasteiger charge is -2.17. The van der Waals surface area contributed by atoms with Gasteiger partial charge in [-0.1, -0.05) is 26.3 Å². The Balaban J connectivity index is 2.12. The standard InChI is InChI=1S/C20H28N2O3/c1-5-7-17(23-3)14-25-19-12-15(8-9-18(19)24-4)13-20-21-11-10-16(6-2)22-20/h8-12,17H,5-7,13-14H2,1-4H3/t17-/m0/s1. The van der Waals surface area contributed by atoms with Crippen LogP contribution in [-0.4, -0.2) is 36.9 Å². The van der Waals surface area contributed by atoms with Crippen molar-refractivity contribution in [1.82, 2.24) is 9.97 Å². The van der Waals surface area contributed by atoms with E-state index in [9.17, 15) is 0 Å². The van der Waals surface area contributed by atoms with Crippen molar-refractivity contribution in [1.29, 1.82) is 0 Å². The van der Waals surface area contributed by atoms with Crippen LogP contribution in [0.15, 0.2) is 30.5 Å². The molecule has 0 unspecified atom stereocenters. The third-order valence-electron chi connectivity index (χ3n) is 4.08. The van der Waals surface area contributed by atoms with Gasteiger partial charge in [0.25, 0.3) is 0 Å². The summed E-state index contributed by atoms with van der Waals surface area (Å²) in [5.74, 6) is 2.26. The van der Waals surface area contributed by atoms with Crippen molar-refractivity contribution in [2.45, 2.75) is 45.6 Å². The van der Waals surface area contributed by atoms with Crippen molar-refractivity contribution in [2.75, 3.05) is 20.8 Å². The summed E-state index contributed by atoms with van der Waals surface area (Å²) in [6.45, 7) is 4.73. The largest absolute Gasteiger partial charge is 0.493 e. The molecule has 0 aliphatic heterocycles. The molecule has 1 aromatic carbocycles. The normalized spacial score (nSPS) is 12.0. The average Bonchev–Trinajstić information content (AvgIpc) is 2.65. The van der Waals surface area contributed by atoms with Crippen LogP contribution in [0.1, 0.15) is 43.8 Å². The highest BCUT2D eigenvalue weighted by atomic mass is 16.5. The lowest BCUT2D eigenvalue weighted by Crippen LogP contribution is -2.20. The van der Waals surface area contributed by atoms with Crippen molar-refractivity contribution in [3.63, 3.8) is 0 Å². The molecule has 1 heterocycles. The van der Waals surface area contributed by atoms with Crippen LogP contribution in [0.3, 0.4) is 0 Å². The number of nitrogens with zero attached hydrogens (tertiary/aromatic N) is 2. The number of methoxy groups -OCH3 is 2. The average molecular weight is 344 g/mol. The second-order valence-electron chi connectivity index (χ2n) is 5.94. The van der Waals surface area contributed by atoms with E-state index in [0.717, 1.165) is 47.8 Å². The van der Waals surface area contributed by atoms with Gasteiger partial charge < -0.3 is 14.2 Å². The predicted octanol–water partition coefficient (Wildman–Crippen LogP) is 3.83. The number of rotatable bonds is 10. The van der Waals surface area contributed by atoms with Crippen molar-refractivity contribution < 1.29 is 14.2 Å². The van der Waals surface area contributed by atoms with Crippen molar-refractivity contribution >= 4 is 0 Å². The topological polar surface area (TPSA) is 53.5 Å². The van der Waals surface area contributed by atoms with Gasteiger partial charge in [-0.15, -0.1) is 0 Å². The Morgan fingerprint density at radius 1 is 1.08 bits per heavy atom. The molecule has 0 amide bonds. The Bertz CT molecular complexity index is 661. The van der Waals surface area contributed by atoms with Gasteiger partial charge in [0.1, 0.15) is 12.4 Å². The highest BCUT2D eigenvalue weighted by Gasteiger charge is 2.12. The molecule has 2 aromatic rings. The number of benzene rings is 1. The maximum Gasteiger partial charge on any atom is 0.161 e. The predicted molar refractivity (Wildman–Crippen MR) is 98.4 cm³/mol. The van der Waals surface area contributed by atoms with Crippen LogP contribution >= 0.6 is 0 Å². The Kier molecular flexibility index (Phi) is 7.67. The second kappa shape index (κ2) is 9.99. The SMILES string of the molecule is CCC[C@@H](COc1cc(Cc2nccc(CC)n2)ccc1OC)OC.